The van der Waals surface area contributed by atoms with Crippen LogP contribution in [-0.2, 0) is 0 Å². The van der Waals surface area contributed by atoms with E-state index in [1.54, 1.807) is 6.07 Å². The van der Waals surface area contributed by atoms with Crippen LogP contribution in [0.3, 0.4) is 0 Å². The van der Waals surface area contributed by atoms with Crippen molar-refractivity contribution in [2.45, 2.75) is 13.8 Å². The summed E-state index contributed by atoms with van der Waals surface area (Å²) >= 11 is 0. The monoisotopic (exact) mass is 237 g/mol. The Kier molecular flexibility index (Phi) is 1.58. The standard InChI is InChI=1S/C15H11NO2/c1-8-6-9(2)13-10(7-8)11-4-3-5-12-15(17)18-14(13)16(11)12/h3-7H,1-2H3. The molecular weight excluding hydrogens is 226 g/mol. The summed E-state index contributed by atoms with van der Waals surface area (Å²) in [5.74, 6) is 0. The number of hydrogen-bond acceptors (Lipinski definition) is 2. The summed E-state index contributed by atoms with van der Waals surface area (Å²) < 4.78 is 7.34. The molecule has 0 spiro atoms. The Morgan fingerprint density at radius 2 is 1.89 bits per heavy atom. The van der Waals surface area contributed by atoms with Gasteiger partial charge in [-0.3, -0.25) is 4.40 Å². The molecule has 3 heteroatoms. The van der Waals surface area contributed by atoms with Crippen molar-refractivity contribution >= 4 is 27.5 Å². The second kappa shape index (κ2) is 2.93. The lowest BCUT2D eigenvalue weighted by molar-refractivity contribution is 0.575. The molecule has 0 fully saturated rings. The Labute approximate surface area is 103 Å². The molecule has 0 bridgehead atoms. The lowest BCUT2D eigenvalue weighted by Crippen LogP contribution is -1.94. The summed E-state index contributed by atoms with van der Waals surface area (Å²) in [6.45, 7) is 4.13. The first-order valence-corrected chi connectivity index (χ1v) is 5.93. The molecule has 4 rings (SSSR count). The smallest absolute Gasteiger partial charge is 0.362 e. The summed E-state index contributed by atoms with van der Waals surface area (Å²) in [5.41, 5.74) is 4.40. The molecule has 0 radical (unpaired) electrons. The molecule has 0 saturated carbocycles. The summed E-state index contributed by atoms with van der Waals surface area (Å²) in [5, 5.41) is 2.19. The molecular formula is C15H11NO2. The zero-order valence-corrected chi connectivity index (χ0v) is 10.2. The summed E-state index contributed by atoms with van der Waals surface area (Å²) in [6.07, 6.45) is 0. The third kappa shape index (κ3) is 0.973. The zero-order chi connectivity index (χ0) is 12.4. The molecule has 88 valence electrons. The predicted molar refractivity (Wildman–Crippen MR) is 71.6 cm³/mol. The quantitative estimate of drug-likeness (QED) is 0.470. The number of aromatic nitrogens is 1. The van der Waals surface area contributed by atoms with E-state index in [0.29, 0.717) is 11.2 Å². The molecule has 3 nitrogen and oxygen atoms in total. The highest BCUT2D eigenvalue weighted by Gasteiger charge is 2.17. The van der Waals surface area contributed by atoms with E-state index in [9.17, 15) is 4.79 Å². The van der Waals surface area contributed by atoms with Crippen LogP contribution in [0.5, 0.6) is 0 Å². The lowest BCUT2D eigenvalue weighted by atomic mass is 10.1. The number of fused-ring (bicyclic) bond motifs is 3. The number of nitrogens with zero attached hydrogens (tertiary/aromatic N) is 1. The number of aryl methyl sites for hydroxylation is 2. The molecule has 0 unspecified atom stereocenters. The fourth-order valence-corrected chi connectivity index (χ4v) is 2.90. The van der Waals surface area contributed by atoms with Crippen LogP contribution in [0.2, 0.25) is 0 Å². The molecule has 18 heavy (non-hydrogen) atoms. The Hall–Kier alpha value is -2.29. The van der Waals surface area contributed by atoms with Crippen molar-refractivity contribution in [1.82, 2.24) is 4.40 Å². The molecule has 0 aliphatic carbocycles. The van der Waals surface area contributed by atoms with Crippen LogP contribution in [0.4, 0.5) is 0 Å². The Morgan fingerprint density at radius 3 is 2.72 bits per heavy atom. The minimum atomic E-state index is -0.266. The van der Waals surface area contributed by atoms with Gasteiger partial charge >= 0.3 is 5.63 Å². The normalized spacial score (nSPS) is 12.1. The fraction of sp³-hybridized carbons (Fsp3) is 0.133. The van der Waals surface area contributed by atoms with Crippen LogP contribution >= 0.6 is 0 Å². The van der Waals surface area contributed by atoms with E-state index in [0.717, 1.165) is 21.9 Å². The van der Waals surface area contributed by atoms with E-state index >= 15 is 0 Å². The Morgan fingerprint density at radius 1 is 1.11 bits per heavy atom. The highest BCUT2D eigenvalue weighted by molar-refractivity contribution is 6.09. The maximum Gasteiger partial charge on any atom is 0.362 e. The summed E-state index contributed by atoms with van der Waals surface area (Å²) in [6, 6.07) is 9.98. The van der Waals surface area contributed by atoms with Gasteiger partial charge in [-0.25, -0.2) is 4.79 Å². The first kappa shape index (κ1) is 9.71. The van der Waals surface area contributed by atoms with Gasteiger partial charge in [-0.1, -0.05) is 17.7 Å². The predicted octanol–water partition coefficient (Wildman–Crippen LogP) is 3.25. The van der Waals surface area contributed by atoms with Gasteiger partial charge in [0.15, 0.2) is 0 Å². The Balaban J connectivity index is 2.49. The van der Waals surface area contributed by atoms with Gasteiger partial charge in [-0.2, -0.15) is 0 Å². The average Bonchev–Trinajstić information content (AvgIpc) is 2.81. The zero-order valence-electron chi connectivity index (χ0n) is 10.2. The number of pyridine rings is 1. The van der Waals surface area contributed by atoms with Crippen LogP contribution in [0.1, 0.15) is 11.1 Å². The minimum Gasteiger partial charge on any atom is -0.404 e. The fourth-order valence-electron chi connectivity index (χ4n) is 2.90. The van der Waals surface area contributed by atoms with E-state index in [2.05, 4.69) is 26.0 Å². The second-order valence-electron chi connectivity index (χ2n) is 4.83. The van der Waals surface area contributed by atoms with E-state index in [1.165, 1.54) is 5.56 Å². The van der Waals surface area contributed by atoms with Crippen molar-refractivity contribution < 1.29 is 4.42 Å². The first-order chi connectivity index (χ1) is 8.66. The molecule has 0 amide bonds. The topological polar surface area (TPSA) is 34.6 Å². The second-order valence-corrected chi connectivity index (χ2v) is 4.83. The third-order valence-corrected chi connectivity index (χ3v) is 3.56. The molecule has 0 N–H and O–H groups in total. The number of benzene rings is 1. The number of hydrogen-bond donors (Lipinski definition) is 0. The highest BCUT2D eigenvalue weighted by Crippen LogP contribution is 2.32. The SMILES string of the molecule is Cc1cc(C)c2c(c1)c1cccc3c(=O)oc2n31. The Bertz CT molecular complexity index is 959. The van der Waals surface area contributed by atoms with Crippen molar-refractivity contribution in [3.8, 4) is 0 Å². The van der Waals surface area contributed by atoms with E-state index in [-0.39, 0.29) is 5.63 Å². The molecule has 3 heterocycles. The molecule has 0 aliphatic heterocycles. The van der Waals surface area contributed by atoms with Gasteiger partial charge in [0.2, 0.25) is 5.71 Å². The average molecular weight is 237 g/mol. The van der Waals surface area contributed by atoms with Crippen molar-refractivity contribution in [2.75, 3.05) is 0 Å². The van der Waals surface area contributed by atoms with Crippen LogP contribution in [0.15, 0.2) is 39.5 Å². The van der Waals surface area contributed by atoms with Gasteiger partial charge < -0.3 is 4.42 Å². The van der Waals surface area contributed by atoms with Gasteiger partial charge in [-0.15, -0.1) is 0 Å². The highest BCUT2D eigenvalue weighted by atomic mass is 16.4. The van der Waals surface area contributed by atoms with Gasteiger partial charge in [0.05, 0.1) is 5.52 Å². The van der Waals surface area contributed by atoms with Crippen LogP contribution in [0, 0.1) is 13.8 Å². The number of oxazole rings is 1. The lowest BCUT2D eigenvalue weighted by Gasteiger charge is -1.98. The van der Waals surface area contributed by atoms with E-state index in [4.69, 9.17) is 4.42 Å². The van der Waals surface area contributed by atoms with Gasteiger partial charge in [0.25, 0.3) is 0 Å². The van der Waals surface area contributed by atoms with Crippen molar-refractivity contribution in [3.05, 3.63) is 51.9 Å². The van der Waals surface area contributed by atoms with Crippen molar-refractivity contribution in [3.63, 3.8) is 0 Å². The number of rotatable bonds is 0. The molecule has 0 saturated heterocycles. The molecule has 1 aromatic carbocycles. The van der Waals surface area contributed by atoms with E-state index < -0.39 is 0 Å². The molecule has 0 aliphatic rings. The van der Waals surface area contributed by atoms with E-state index in [1.807, 2.05) is 16.5 Å². The van der Waals surface area contributed by atoms with Crippen molar-refractivity contribution in [2.24, 2.45) is 0 Å². The molecule has 3 aromatic heterocycles. The van der Waals surface area contributed by atoms with Gasteiger partial charge in [-0.05, 0) is 37.6 Å². The van der Waals surface area contributed by atoms with Gasteiger partial charge in [0, 0.05) is 10.8 Å². The largest absolute Gasteiger partial charge is 0.404 e. The summed E-state index contributed by atoms with van der Waals surface area (Å²) in [7, 11) is 0. The molecule has 4 aromatic rings. The first-order valence-electron chi connectivity index (χ1n) is 5.93. The summed E-state index contributed by atoms with van der Waals surface area (Å²) in [4.78, 5) is 11.8. The van der Waals surface area contributed by atoms with Crippen LogP contribution in [0.25, 0.3) is 27.5 Å². The van der Waals surface area contributed by atoms with Gasteiger partial charge in [0.1, 0.15) is 5.52 Å². The van der Waals surface area contributed by atoms with Crippen LogP contribution < -0.4 is 5.63 Å². The maximum absolute atomic E-state index is 11.8. The van der Waals surface area contributed by atoms with Crippen LogP contribution in [-0.4, -0.2) is 4.40 Å². The minimum absolute atomic E-state index is 0.266. The van der Waals surface area contributed by atoms with Crippen molar-refractivity contribution in [1.29, 1.82) is 0 Å². The maximum atomic E-state index is 11.8. The third-order valence-electron chi connectivity index (χ3n) is 3.56. The molecule has 0 atom stereocenters.